The van der Waals surface area contributed by atoms with Gasteiger partial charge in [0.1, 0.15) is 12.4 Å². The molecule has 1 fully saturated rings. The summed E-state index contributed by atoms with van der Waals surface area (Å²) in [6.07, 6.45) is 6.08. The number of carbonyl (C=O) groups is 1. The standard InChI is InChI=1S/C20H21ClN4O2/c21-15-1-2-18-17(10-15)20(19(26)24-18)3-5-25(6-4-20)7-8-27-16-9-14(11-22)12-23-13-16/h1-2,9-13,22H,3-8H2,(H,24,26). The summed E-state index contributed by atoms with van der Waals surface area (Å²) in [7, 11) is 0. The molecule has 1 saturated heterocycles. The molecule has 1 spiro atoms. The first-order chi connectivity index (χ1) is 13.1. The van der Waals surface area contributed by atoms with E-state index in [4.69, 9.17) is 21.7 Å². The van der Waals surface area contributed by atoms with Crippen molar-refractivity contribution in [1.82, 2.24) is 9.88 Å². The van der Waals surface area contributed by atoms with Gasteiger partial charge in [-0.25, -0.2) is 0 Å². The smallest absolute Gasteiger partial charge is 0.235 e. The van der Waals surface area contributed by atoms with Gasteiger partial charge in [0, 0.05) is 35.2 Å². The zero-order chi connectivity index (χ0) is 18.9. The second-order valence-corrected chi connectivity index (χ2v) is 7.45. The summed E-state index contributed by atoms with van der Waals surface area (Å²) in [6.45, 7) is 3.00. The molecule has 0 unspecified atom stereocenters. The molecule has 1 amide bonds. The first kappa shape index (κ1) is 17.9. The van der Waals surface area contributed by atoms with Crippen LogP contribution in [0.4, 0.5) is 5.69 Å². The molecule has 2 aliphatic heterocycles. The van der Waals surface area contributed by atoms with Gasteiger partial charge in [-0.1, -0.05) is 11.6 Å². The Hall–Kier alpha value is -2.44. The number of piperidine rings is 1. The monoisotopic (exact) mass is 384 g/mol. The number of likely N-dealkylation sites (tertiary alicyclic amines) is 1. The maximum absolute atomic E-state index is 12.7. The van der Waals surface area contributed by atoms with Crippen LogP contribution in [-0.2, 0) is 10.2 Å². The van der Waals surface area contributed by atoms with Crippen LogP contribution in [0.15, 0.2) is 36.7 Å². The number of hydrogen-bond donors (Lipinski definition) is 2. The molecule has 2 N–H and O–H groups in total. The second kappa shape index (κ2) is 7.29. The first-order valence-electron chi connectivity index (χ1n) is 9.03. The fraction of sp³-hybridized carbons (Fsp3) is 0.350. The van der Waals surface area contributed by atoms with E-state index in [9.17, 15) is 4.79 Å². The minimum Gasteiger partial charge on any atom is -0.491 e. The predicted octanol–water partition coefficient (Wildman–Crippen LogP) is 3.10. The third kappa shape index (κ3) is 3.42. The number of halogens is 1. The van der Waals surface area contributed by atoms with Crippen molar-refractivity contribution < 1.29 is 9.53 Å². The summed E-state index contributed by atoms with van der Waals surface area (Å²) < 4.78 is 5.76. The molecule has 0 aliphatic carbocycles. The Kier molecular flexibility index (Phi) is 4.85. The van der Waals surface area contributed by atoms with Crippen LogP contribution in [0.25, 0.3) is 0 Å². The Morgan fingerprint density at radius 2 is 2.11 bits per heavy atom. The van der Waals surface area contributed by atoms with Crippen LogP contribution in [0.1, 0.15) is 24.0 Å². The van der Waals surface area contributed by atoms with Gasteiger partial charge in [-0.3, -0.25) is 14.7 Å². The minimum absolute atomic E-state index is 0.0881. The zero-order valence-corrected chi connectivity index (χ0v) is 15.6. The van der Waals surface area contributed by atoms with Crippen LogP contribution in [0, 0.1) is 5.41 Å². The van der Waals surface area contributed by atoms with Crippen LogP contribution in [0.3, 0.4) is 0 Å². The fourth-order valence-corrected chi connectivity index (χ4v) is 4.10. The number of amides is 1. The van der Waals surface area contributed by atoms with E-state index in [1.54, 1.807) is 18.5 Å². The highest BCUT2D eigenvalue weighted by Gasteiger charge is 2.48. The van der Waals surface area contributed by atoms with Crippen molar-refractivity contribution in [3.8, 4) is 5.75 Å². The van der Waals surface area contributed by atoms with E-state index in [1.165, 1.54) is 6.21 Å². The third-order valence-corrected chi connectivity index (χ3v) is 5.70. The van der Waals surface area contributed by atoms with Gasteiger partial charge in [0.25, 0.3) is 0 Å². The van der Waals surface area contributed by atoms with E-state index in [1.807, 2.05) is 18.2 Å². The Bertz CT molecular complexity index is 878. The number of hydrogen-bond acceptors (Lipinski definition) is 5. The number of rotatable bonds is 5. The number of pyridine rings is 1. The van der Waals surface area contributed by atoms with Gasteiger partial charge in [-0.15, -0.1) is 0 Å². The number of nitrogens with zero attached hydrogens (tertiary/aromatic N) is 2. The van der Waals surface area contributed by atoms with Gasteiger partial charge >= 0.3 is 0 Å². The largest absolute Gasteiger partial charge is 0.491 e. The Morgan fingerprint density at radius 3 is 2.89 bits per heavy atom. The van der Waals surface area contributed by atoms with Crippen molar-refractivity contribution in [2.75, 3.05) is 31.6 Å². The number of carbonyl (C=O) groups excluding carboxylic acids is 1. The quantitative estimate of drug-likeness (QED) is 0.776. The number of fused-ring (bicyclic) bond motifs is 2. The molecule has 7 heteroatoms. The lowest BCUT2D eigenvalue weighted by molar-refractivity contribution is -0.122. The SMILES string of the molecule is N=Cc1cncc(OCCN2CCC3(CC2)C(=O)Nc2ccc(Cl)cc23)c1. The van der Waals surface area contributed by atoms with Crippen LogP contribution < -0.4 is 10.1 Å². The number of ether oxygens (including phenoxy) is 1. The van der Waals surface area contributed by atoms with Gasteiger partial charge in [-0.05, 0) is 55.8 Å². The highest BCUT2D eigenvalue weighted by Crippen LogP contribution is 2.45. The number of nitrogens with one attached hydrogen (secondary N) is 2. The van der Waals surface area contributed by atoms with Crippen molar-refractivity contribution in [3.05, 3.63) is 52.8 Å². The second-order valence-electron chi connectivity index (χ2n) is 7.01. The molecule has 2 aromatic rings. The molecule has 0 radical (unpaired) electrons. The normalized spacial score (nSPS) is 18.2. The van der Waals surface area contributed by atoms with Gasteiger partial charge < -0.3 is 15.5 Å². The van der Waals surface area contributed by atoms with E-state index in [0.717, 1.165) is 49.3 Å². The highest BCUT2D eigenvalue weighted by atomic mass is 35.5. The Balaban J connectivity index is 1.35. The zero-order valence-electron chi connectivity index (χ0n) is 14.9. The molecular weight excluding hydrogens is 364 g/mol. The maximum atomic E-state index is 12.7. The van der Waals surface area contributed by atoms with Gasteiger partial charge in [0.2, 0.25) is 5.91 Å². The Labute approximate surface area is 163 Å². The van der Waals surface area contributed by atoms with Crippen LogP contribution in [0.2, 0.25) is 5.02 Å². The number of benzene rings is 1. The summed E-state index contributed by atoms with van der Waals surface area (Å²) in [6, 6.07) is 7.43. The van der Waals surface area contributed by atoms with Crippen molar-refractivity contribution in [1.29, 1.82) is 5.41 Å². The van der Waals surface area contributed by atoms with Gasteiger partial charge in [0.15, 0.2) is 0 Å². The molecule has 27 heavy (non-hydrogen) atoms. The Morgan fingerprint density at radius 1 is 1.30 bits per heavy atom. The van der Waals surface area contributed by atoms with E-state index in [-0.39, 0.29) is 5.91 Å². The molecular formula is C20H21ClN4O2. The molecule has 4 rings (SSSR count). The number of anilines is 1. The molecule has 0 saturated carbocycles. The van der Waals surface area contributed by atoms with Crippen LogP contribution in [0.5, 0.6) is 5.75 Å². The third-order valence-electron chi connectivity index (χ3n) is 5.47. The summed E-state index contributed by atoms with van der Waals surface area (Å²) in [5.41, 5.74) is 2.18. The van der Waals surface area contributed by atoms with E-state index >= 15 is 0 Å². The first-order valence-corrected chi connectivity index (χ1v) is 9.41. The molecule has 0 atom stereocenters. The van der Waals surface area contributed by atoms with Crippen molar-refractivity contribution in [2.24, 2.45) is 0 Å². The molecule has 3 heterocycles. The lowest BCUT2D eigenvalue weighted by Crippen LogP contribution is -2.47. The summed E-state index contributed by atoms with van der Waals surface area (Å²) in [4.78, 5) is 19.0. The minimum atomic E-state index is -0.459. The van der Waals surface area contributed by atoms with Crippen molar-refractivity contribution >= 4 is 29.4 Å². The van der Waals surface area contributed by atoms with Gasteiger partial charge in [0.05, 0.1) is 11.6 Å². The van der Waals surface area contributed by atoms with Crippen molar-refractivity contribution in [3.63, 3.8) is 0 Å². The van der Waals surface area contributed by atoms with Crippen LogP contribution >= 0.6 is 11.6 Å². The molecule has 0 bridgehead atoms. The average Bonchev–Trinajstić information content (AvgIpc) is 2.95. The van der Waals surface area contributed by atoms with Crippen LogP contribution in [-0.4, -0.2) is 48.2 Å². The summed E-state index contributed by atoms with van der Waals surface area (Å²) in [5.74, 6) is 0.758. The maximum Gasteiger partial charge on any atom is 0.235 e. The summed E-state index contributed by atoms with van der Waals surface area (Å²) in [5, 5.41) is 10.9. The lowest BCUT2D eigenvalue weighted by Gasteiger charge is -2.37. The lowest BCUT2D eigenvalue weighted by atomic mass is 9.73. The van der Waals surface area contributed by atoms with E-state index in [0.29, 0.717) is 17.4 Å². The number of aromatic nitrogens is 1. The average molecular weight is 385 g/mol. The van der Waals surface area contributed by atoms with Gasteiger partial charge in [-0.2, -0.15) is 0 Å². The molecule has 1 aromatic heterocycles. The molecule has 6 nitrogen and oxygen atoms in total. The highest BCUT2D eigenvalue weighted by molar-refractivity contribution is 6.31. The van der Waals surface area contributed by atoms with Crippen molar-refractivity contribution in [2.45, 2.75) is 18.3 Å². The van der Waals surface area contributed by atoms with E-state index < -0.39 is 5.41 Å². The molecule has 140 valence electrons. The summed E-state index contributed by atoms with van der Waals surface area (Å²) >= 11 is 6.17. The van der Waals surface area contributed by atoms with E-state index in [2.05, 4.69) is 15.2 Å². The predicted molar refractivity (Wildman–Crippen MR) is 105 cm³/mol. The molecule has 1 aromatic carbocycles. The fourth-order valence-electron chi connectivity index (χ4n) is 3.93. The molecule has 2 aliphatic rings. The topological polar surface area (TPSA) is 78.3 Å².